The van der Waals surface area contributed by atoms with Crippen molar-refractivity contribution < 1.29 is 0 Å². The highest BCUT2D eigenvalue weighted by atomic mass is 16.1. The molecule has 0 unspecified atom stereocenters. The van der Waals surface area contributed by atoms with Gasteiger partial charge in [-0.15, -0.1) is 0 Å². The highest BCUT2D eigenvalue weighted by molar-refractivity contribution is 5.56. The quantitative estimate of drug-likeness (QED) is 0.846. The van der Waals surface area contributed by atoms with Gasteiger partial charge in [0, 0.05) is 49.6 Å². The molecule has 0 bridgehead atoms. The average molecular weight is 298 g/mol. The van der Waals surface area contributed by atoms with Crippen molar-refractivity contribution in [2.24, 2.45) is 11.8 Å². The number of aromatic nitrogens is 3. The lowest BCUT2D eigenvalue weighted by molar-refractivity contribution is 0.0725. The fraction of sp³-hybridized carbons (Fsp3) is 0.471. The van der Waals surface area contributed by atoms with E-state index in [0.717, 1.165) is 30.9 Å². The summed E-state index contributed by atoms with van der Waals surface area (Å²) in [6.45, 7) is 8.43. The molecule has 5 nitrogen and oxygen atoms in total. The Hall–Kier alpha value is -2.01. The number of pyridine rings is 1. The number of hydrogen-bond acceptors (Lipinski definition) is 4. The number of rotatable bonds is 5. The molecule has 0 spiro atoms. The van der Waals surface area contributed by atoms with Crippen molar-refractivity contribution in [1.82, 2.24) is 19.7 Å². The predicted molar refractivity (Wildman–Crippen MR) is 86.5 cm³/mol. The molecule has 1 aliphatic rings. The number of likely N-dealkylation sites (tertiary alicyclic amines) is 1. The van der Waals surface area contributed by atoms with Crippen LogP contribution in [0.2, 0.25) is 0 Å². The Balaban J connectivity index is 1.69. The zero-order valence-corrected chi connectivity index (χ0v) is 13.1. The summed E-state index contributed by atoms with van der Waals surface area (Å²) >= 11 is 0. The van der Waals surface area contributed by atoms with Gasteiger partial charge in [0.05, 0.1) is 12.2 Å². The van der Waals surface area contributed by atoms with Gasteiger partial charge in [-0.25, -0.2) is 4.68 Å². The Morgan fingerprint density at radius 2 is 1.91 bits per heavy atom. The van der Waals surface area contributed by atoms with E-state index in [2.05, 4.69) is 28.8 Å². The third-order valence-electron chi connectivity index (χ3n) is 3.93. The van der Waals surface area contributed by atoms with Gasteiger partial charge in [0.25, 0.3) is 5.56 Å². The standard InChI is InChI=1S/C17H22N4O/c1-13(2)9-20-10-14(11-20)12-21-17(22)4-3-16(19-21)15-5-7-18-8-6-15/h3-8,13-14H,9-12H2,1-2H3. The molecule has 0 saturated carbocycles. The summed E-state index contributed by atoms with van der Waals surface area (Å²) in [7, 11) is 0. The third-order valence-corrected chi connectivity index (χ3v) is 3.93. The van der Waals surface area contributed by atoms with Crippen LogP contribution < -0.4 is 5.56 Å². The fourth-order valence-corrected chi connectivity index (χ4v) is 2.96. The molecule has 2 aromatic heterocycles. The minimum Gasteiger partial charge on any atom is -0.302 e. The molecule has 0 N–H and O–H groups in total. The summed E-state index contributed by atoms with van der Waals surface area (Å²) in [5.41, 5.74) is 1.78. The van der Waals surface area contributed by atoms with E-state index >= 15 is 0 Å². The zero-order chi connectivity index (χ0) is 15.5. The van der Waals surface area contributed by atoms with Gasteiger partial charge in [-0.3, -0.25) is 9.78 Å². The maximum absolute atomic E-state index is 12.0. The van der Waals surface area contributed by atoms with Gasteiger partial charge in [0.15, 0.2) is 0 Å². The highest BCUT2D eigenvalue weighted by Gasteiger charge is 2.27. The Labute approximate surface area is 130 Å². The normalized spacial score (nSPS) is 16.0. The van der Waals surface area contributed by atoms with Crippen molar-refractivity contribution in [3.05, 3.63) is 47.0 Å². The van der Waals surface area contributed by atoms with E-state index in [9.17, 15) is 4.79 Å². The molecule has 3 rings (SSSR count). The number of hydrogen-bond donors (Lipinski definition) is 0. The van der Waals surface area contributed by atoms with E-state index in [1.165, 1.54) is 0 Å². The topological polar surface area (TPSA) is 51.0 Å². The van der Waals surface area contributed by atoms with E-state index < -0.39 is 0 Å². The molecule has 0 atom stereocenters. The van der Waals surface area contributed by atoms with Crippen molar-refractivity contribution in [2.75, 3.05) is 19.6 Å². The maximum Gasteiger partial charge on any atom is 0.266 e. The first-order valence-corrected chi connectivity index (χ1v) is 7.83. The predicted octanol–water partition coefficient (Wildman–Crippen LogP) is 1.89. The SMILES string of the molecule is CC(C)CN1CC(Cn2nc(-c3ccncc3)ccc2=O)C1. The molecule has 0 radical (unpaired) electrons. The second-order valence-corrected chi connectivity index (χ2v) is 6.45. The van der Waals surface area contributed by atoms with Gasteiger partial charge >= 0.3 is 0 Å². The van der Waals surface area contributed by atoms with Crippen LogP contribution in [0.5, 0.6) is 0 Å². The monoisotopic (exact) mass is 298 g/mol. The van der Waals surface area contributed by atoms with Crippen LogP contribution in [0.3, 0.4) is 0 Å². The lowest BCUT2D eigenvalue weighted by Gasteiger charge is -2.40. The zero-order valence-electron chi connectivity index (χ0n) is 13.1. The minimum absolute atomic E-state index is 0.0277. The largest absolute Gasteiger partial charge is 0.302 e. The Kier molecular flexibility index (Phi) is 4.34. The molecular formula is C17H22N4O. The molecule has 3 heterocycles. The van der Waals surface area contributed by atoms with Crippen molar-refractivity contribution in [1.29, 1.82) is 0 Å². The average Bonchev–Trinajstić information content (AvgIpc) is 2.47. The Morgan fingerprint density at radius 3 is 2.59 bits per heavy atom. The van der Waals surface area contributed by atoms with Gasteiger partial charge < -0.3 is 4.90 Å². The summed E-state index contributed by atoms with van der Waals surface area (Å²) in [6.07, 6.45) is 3.48. The molecule has 0 aliphatic carbocycles. The summed E-state index contributed by atoms with van der Waals surface area (Å²) in [6, 6.07) is 7.20. The van der Waals surface area contributed by atoms with Crippen LogP contribution in [0.1, 0.15) is 13.8 Å². The van der Waals surface area contributed by atoms with Crippen LogP contribution >= 0.6 is 0 Å². The van der Waals surface area contributed by atoms with Crippen LogP contribution in [-0.2, 0) is 6.54 Å². The van der Waals surface area contributed by atoms with Crippen LogP contribution in [-0.4, -0.2) is 39.3 Å². The molecule has 1 fully saturated rings. The van der Waals surface area contributed by atoms with Gasteiger partial charge in [-0.1, -0.05) is 13.8 Å². The maximum atomic E-state index is 12.0. The molecule has 5 heteroatoms. The second kappa shape index (κ2) is 6.40. The van der Waals surface area contributed by atoms with Gasteiger partial charge in [-0.2, -0.15) is 5.10 Å². The second-order valence-electron chi connectivity index (χ2n) is 6.45. The molecule has 2 aromatic rings. The van der Waals surface area contributed by atoms with E-state index in [-0.39, 0.29) is 5.56 Å². The van der Waals surface area contributed by atoms with Crippen molar-refractivity contribution in [3.8, 4) is 11.3 Å². The highest BCUT2D eigenvalue weighted by Crippen LogP contribution is 2.19. The van der Waals surface area contributed by atoms with Crippen LogP contribution in [0.25, 0.3) is 11.3 Å². The molecule has 116 valence electrons. The first kappa shape index (κ1) is 14.9. The molecular weight excluding hydrogens is 276 g/mol. The smallest absolute Gasteiger partial charge is 0.266 e. The molecule has 0 aromatic carbocycles. The lowest BCUT2D eigenvalue weighted by atomic mass is 9.98. The number of nitrogens with zero attached hydrogens (tertiary/aromatic N) is 4. The fourth-order valence-electron chi connectivity index (χ4n) is 2.96. The Bertz CT molecular complexity index is 675. The van der Waals surface area contributed by atoms with Crippen LogP contribution in [0.15, 0.2) is 41.5 Å². The summed E-state index contributed by atoms with van der Waals surface area (Å²) in [5, 5.41) is 4.51. The molecule has 0 amide bonds. The van der Waals surface area contributed by atoms with Crippen molar-refractivity contribution >= 4 is 0 Å². The van der Waals surface area contributed by atoms with Gasteiger partial charge in [0.2, 0.25) is 0 Å². The summed E-state index contributed by atoms with van der Waals surface area (Å²) < 4.78 is 1.60. The van der Waals surface area contributed by atoms with Gasteiger partial charge in [-0.05, 0) is 24.1 Å². The summed E-state index contributed by atoms with van der Waals surface area (Å²) in [4.78, 5) is 18.5. The van der Waals surface area contributed by atoms with Crippen molar-refractivity contribution in [3.63, 3.8) is 0 Å². The van der Waals surface area contributed by atoms with E-state index in [0.29, 0.717) is 18.4 Å². The molecule has 1 aliphatic heterocycles. The van der Waals surface area contributed by atoms with E-state index in [1.54, 1.807) is 29.2 Å². The van der Waals surface area contributed by atoms with Crippen molar-refractivity contribution in [2.45, 2.75) is 20.4 Å². The van der Waals surface area contributed by atoms with E-state index in [4.69, 9.17) is 0 Å². The van der Waals surface area contributed by atoms with Gasteiger partial charge in [0.1, 0.15) is 0 Å². The first-order valence-electron chi connectivity index (χ1n) is 7.83. The molecule has 1 saturated heterocycles. The Morgan fingerprint density at radius 1 is 1.18 bits per heavy atom. The first-order chi connectivity index (χ1) is 10.6. The summed E-state index contributed by atoms with van der Waals surface area (Å²) in [5.74, 6) is 1.22. The molecule has 22 heavy (non-hydrogen) atoms. The van der Waals surface area contributed by atoms with Crippen LogP contribution in [0, 0.1) is 11.8 Å². The van der Waals surface area contributed by atoms with Crippen LogP contribution in [0.4, 0.5) is 0 Å². The third kappa shape index (κ3) is 3.42. The lowest BCUT2D eigenvalue weighted by Crippen LogP contribution is -2.50. The van der Waals surface area contributed by atoms with E-state index in [1.807, 2.05) is 12.1 Å². The minimum atomic E-state index is -0.0277.